The molecule has 2 aromatic rings. The number of esters is 1. The summed E-state index contributed by atoms with van der Waals surface area (Å²) in [5.41, 5.74) is 0.621. The standard InChI is InChI=1S/C17H22N2O4/c1-18-5-7-19(8-6-18)9-10-22-17(20)16-11-13-3-4-14(21-2)12-15(13)23-16/h3-4,11-12H,5-10H2,1-2H3. The summed E-state index contributed by atoms with van der Waals surface area (Å²) in [6, 6.07) is 7.16. The molecule has 0 atom stereocenters. The Hall–Kier alpha value is -2.05. The van der Waals surface area contributed by atoms with Gasteiger partial charge in [-0.25, -0.2) is 4.79 Å². The van der Waals surface area contributed by atoms with E-state index in [1.54, 1.807) is 19.2 Å². The van der Waals surface area contributed by atoms with Gasteiger partial charge in [0.05, 0.1) is 7.11 Å². The number of hydrogen-bond donors (Lipinski definition) is 0. The third-order valence-electron chi connectivity index (χ3n) is 4.16. The quantitative estimate of drug-likeness (QED) is 0.784. The van der Waals surface area contributed by atoms with E-state index in [2.05, 4.69) is 16.8 Å². The summed E-state index contributed by atoms with van der Waals surface area (Å²) in [7, 11) is 3.71. The summed E-state index contributed by atoms with van der Waals surface area (Å²) in [4.78, 5) is 16.7. The normalized spacial score (nSPS) is 16.6. The molecule has 1 fully saturated rings. The zero-order chi connectivity index (χ0) is 16.2. The van der Waals surface area contributed by atoms with Gasteiger partial charge in [-0.2, -0.15) is 0 Å². The van der Waals surface area contributed by atoms with Crippen LogP contribution in [-0.4, -0.2) is 69.3 Å². The second kappa shape index (κ2) is 7.02. The van der Waals surface area contributed by atoms with Gasteiger partial charge in [-0.15, -0.1) is 0 Å². The second-order valence-electron chi connectivity index (χ2n) is 5.80. The van der Waals surface area contributed by atoms with Gasteiger partial charge >= 0.3 is 5.97 Å². The SMILES string of the molecule is COc1ccc2cc(C(=O)OCCN3CCN(C)CC3)oc2c1. The van der Waals surface area contributed by atoms with E-state index >= 15 is 0 Å². The van der Waals surface area contributed by atoms with Gasteiger partial charge in [0.2, 0.25) is 5.76 Å². The smallest absolute Gasteiger partial charge is 0.374 e. The molecule has 6 heteroatoms. The van der Waals surface area contributed by atoms with Crippen LogP contribution in [0.2, 0.25) is 0 Å². The largest absolute Gasteiger partial charge is 0.497 e. The van der Waals surface area contributed by atoms with E-state index in [0.29, 0.717) is 17.9 Å². The Balaban J connectivity index is 1.54. The van der Waals surface area contributed by atoms with E-state index in [9.17, 15) is 4.79 Å². The van der Waals surface area contributed by atoms with Gasteiger partial charge in [-0.1, -0.05) is 0 Å². The second-order valence-corrected chi connectivity index (χ2v) is 5.80. The zero-order valence-corrected chi connectivity index (χ0v) is 13.6. The molecule has 1 aromatic carbocycles. The monoisotopic (exact) mass is 318 g/mol. The highest BCUT2D eigenvalue weighted by Crippen LogP contribution is 2.24. The van der Waals surface area contributed by atoms with E-state index < -0.39 is 5.97 Å². The molecule has 2 heterocycles. The number of nitrogens with zero attached hydrogens (tertiary/aromatic N) is 2. The van der Waals surface area contributed by atoms with Gasteiger partial charge in [0.25, 0.3) is 0 Å². The molecule has 3 rings (SSSR count). The number of likely N-dealkylation sites (N-methyl/N-ethyl adjacent to an activating group) is 1. The number of benzene rings is 1. The molecule has 0 spiro atoms. The average Bonchev–Trinajstić information content (AvgIpc) is 2.99. The van der Waals surface area contributed by atoms with Crippen molar-refractivity contribution in [2.75, 3.05) is 53.5 Å². The fourth-order valence-corrected chi connectivity index (χ4v) is 2.65. The number of hydrogen-bond acceptors (Lipinski definition) is 6. The maximum atomic E-state index is 12.1. The van der Waals surface area contributed by atoms with Crippen molar-refractivity contribution in [3.05, 3.63) is 30.0 Å². The van der Waals surface area contributed by atoms with Gasteiger partial charge in [0.15, 0.2) is 0 Å². The molecule has 124 valence electrons. The highest BCUT2D eigenvalue weighted by atomic mass is 16.5. The lowest BCUT2D eigenvalue weighted by molar-refractivity contribution is 0.0401. The predicted octanol–water partition coefficient (Wildman–Crippen LogP) is 1.85. The highest BCUT2D eigenvalue weighted by molar-refractivity contribution is 5.92. The molecule has 23 heavy (non-hydrogen) atoms. The van der Waals surface area contributed by atoms with Crippen molar-refractivity contribution in [1.82, 2.24) is 9.80 Å². The summed E-state index contributed by atoms with van der Waals surface area (Å²) in [5.74, 6) is 0.503. The molecule has 1 saturated heterocycles. The summed E-state index contributed by atoms with van der Waals surface area (Å²) in [6.07, 6.45) is 0. The molecule has 0 aliphatic carbocycles. The Labute approximate surface area is 135 Å². The van der Waals surface area contributed by atoms with Crippen molar-refractivity contribution in [2.45, 2.75) is 0 Å². The highest BCUT2D eigenvalue weighted by Gasteiger charge is 2.16. The minimum Gasteiger partial charge on any atom is -0.497 e. The van der Waals surface area contributed by atoms with Crippen molar-refractivity contribution < 1.29 is 18.7 Å². The number of carbonyl (C=O) groups excluding carboxylic acids is 1. The van der Waals surface area contributed by atoms with Crippen molar-refractivity contribution in [3.8, 4) is 5.75 Å². The molecule has 0 bridgehead atoms. The number of rotatable bonds is 5. The Kier molecular flexibility index (Phi) is 4.83. The van der Waals surface area contributed by atoms with Crippen molar-refractivity contribution in [3.63, 3.8) is 0 Å². The first kappa shape index (κ1) is 15.8. The topological polar surface area (TPSA) is 55.2 Å². The molecular weight excluding hydrogens is 296 g/mol. The molecule has 0 amide bonds. The third-order valence-corrected chi connectivity index (χ3v) is 4.16. The van der Waals surface area contributed by atoms with Crippen molar-refractivity contribution >= 4 is 16.9 Å². The maximum Gasteiger partial charge on any atom is 0.374 e. The molecule has 0 N–H and O–H groups in total. The van der Waals surface area contributed by atoms with Crippen molar-refractivity contribution in [2.24, 2.45) is 0 Å². The number of fused-ring (bicyclic) bond motifs is 1. The lowest BCUT2D eigenvalue weighted by Crippen LogP contribution is -2.45. The molecule has 1 aromatic heterocycles. The van der Waals surface area contributed by atoms with E-state index in [1.807, 2.05) is 12.1 Å². The number of methoxy groups -OCH3 is 1. The fraction of sp³-hybridized carbons (Fsp3) is 0.471. The lowest BCUT2D eigenvalue weighted by Gasteiger charge is -2.31. The minimum absolute atomic E-state index is 0.228. The fourth-order valence-electron chi connectivity index (χ4n) is 2.65. The summed E-state index contributed by atoms with van der Waals surface area (Å²) in [5, 5.41) is 0.858. The van der Waals surface area contributed by atoms with Gasteiger partial charge in [-0.05, 0) is 25.2 Å². The number of carbonyl (C=O) groups is 1. The van der Waals surface area contributed by atoms with Gasteiger partial charge in [0, 0.05) is 44.2 Å². The van der Waals surface area contributed by atoms with Crippen LogP contribution in [-0.2, 0) is 4.74 Å². The van der Waals surface area contributed by atoms with Crippen molar-refractivity contribution in [1.29, 1.82) is 0 Å². The molecule has 0 unspecified atom stereocenters. The molecule has 1 aliphatic rings. The Morgan fingerprint density at radius 2 is 2.00 bits per heavy atom. The van der Waals surface area contributed by atoms with Crippen LogP contribution >= 0.6 is 0 Å². The van der Waals surface area contributed by atoms with E-state index in [1.165, 1.54) is 0 Å². The van der Waals surface area contributed by atoms with Gasteiger partial charge < -0.3 is 18.8 Å². The molecular formula is C17H22N2O4. The van der Waals surface area contributed by atoms with Crippen LogP contribution in [0.5, 0.6) is 5.75 Å². The van der Waals surface area contributed by atoms with E-state index in [0.717, 1.165) is 38.1 Å². The van der Waals surface area contributed by atoms with E-state index in [4.69, 9.17) is 13.9 Å². The summed E-state index contributed by atoms with van der Waals surface area (Å²) in [6.45, 7) is 5.27. The van der Waals surface area contributed by atoms with Crippen LogP contribution in [0, 0.1) is 0 Å². The molecule has 0 saturated carbocycles. The number of piperazine rings is 1. The number of ether oxygens (including phenoxy) is 2. The van der Waals surface area contributed by atoms with Crippen LogP contribution in [0.15, 0.2) is 28.7 Å². The Morgan fingerprint density at radius 1 is 1.22 bits per heavy atom. The number of furan rings is 1. The first-order chi connectivity index (χ1) is 11.2. The van der Waals surface area contributed by atoms with Crippen LogP contribution in [0.25, 0.3) is 11.0 Å². The predicted molar refractivity (Wildman–Crippen MR) is 87.0 cm³/mol. The van der Waals surface area contributed by atoms with Crippen LogP contribution in [0.4, 0.5) is 0 Å². The molecule has 6 nitrogen and oxygen atoms in total. The van der Waals surface area contributed by atoms with Crippen LogP contribution < -0.4 is 4.74 Å². The zero-order valence-electron chi connectivity index (χ0n) is 13.6. The van der Waals surface area contributed by atoms with E-state index in [-0.39, 0.29) is 5.76 Å². The van der Waals surface area contributed by atoms with Gasteiger partial charge in [0.1, 0.15) is 17.9 Å². The lowest BCUT2D eigenvalue weighted by atomic mass is 10.2. The van der Waals surface area contributed by atoms with Gasteiger partial charge in [-0.3, -0.25) is 4.90 Å². The third kappa shape index (κ3) is 3.83. The van der Waals surface area contributed by atoms with Crippen LogP contribution in [0.1, 0.15) is 10.6 Å². The minimum atomic E-state index is -0.422. The first-order valence-corrected chi connectivity index (χ1v) is 7.81. The van der Waals surface area contributed by atoms with Crippen LogP contribution in [0.3, 0.4) is 0 Å². The first-order valence-electron chi connectivity index (χ1n) is 7.81. The Bertz CT molecular complexity index is 674. The summed E-state index contributed by atoms with van der Waals surface area (Å²) >= 11 is 0. The Morgan fingerprint density at radius 3 is 2.74 bits per heavy atom. The molecule has 0 radical (unpaired) electrons. The summed E-state index contributed by atoms with van der Waals surface area (Å²) < 4.78 is 16.0. The average molecular weight is 318 g/mol. The maximum absolute atomic E-state index is 12.1. The molecule has 1 aliphatic heterocycles.